The summed E-state index contributed by atoms with van der Waals surface area (Å²) in [5, 5.41) is 0. The molecule has 1 rings (SSSR count). The van der Waals surface area contributed by atoms with Gasteiger partial charge < -0.3 is 5.73 Å². The van der Waals surface area contributed by atoms with Crippen molar-refractivity contribution in [1.29, 1.82) is 0 Å². The quantitative estimate of drug-likeness (QED) is 0.662. The Kier molecular flexibility index (Phi) is 4.59. The molecule has 0 saturated heterocycles. The number of thioether (sulfide) groups is 2. The number of rotatable bonds is 4. The second kappa shape index (κ2) is 5.50. The predicted octanol–water partition coefficient (Wildman–Crippen LogP) is 3.01. The highest BCUT2D eigenvalue weighted by molar-refractivity contribution is 8.03. The van der Waals surface area contributed by atoms with E-state index in [0.29, 0.717) is 11.4 Å². The number of nitrogen functional groups attached to an aromatic ring is 1. The molecule has 1 aromatic rings. The summed E-state index contributed by atoms with van der Waals surface area (Å²) in [7, 11) is 0. The van der Waals surface area contributed by atoms with Crippen LogP contribution in [-0.2, 0) is 0 Å². The Morgan fingerprint density at radius 2 is 2.07 bits per heavy atom. The van der Waals surface area contributed by atoms with Gasteiger partial charge in [0.05, 0.1) is 11.9 Å². The molecule has 1 aromatic heterocycles. The van der Waals surface area contributed by atoms with Crippen LogP contribution in [0.1, 0.15) is 0 Å². The third kappa shape index (κ3) is 5.17. The Balaban J connectivity index is 2.30. The van der Waals surface area contributed by atoms with Crippen LogP contribution in [0.2, 0.25) is 0 Å². The molecular weight excluding hydrogens is 245 g/mol. The molecule has 1 heterocycles. The van der Waals surface area contributed by atoms with Crippen LogP contribution in [0, 0.1) is 0 Å². The number of halogens is 3. The third-order valence-electron chi connectivity index (χ3n) is 1.42. The number of nitrogens with two attached hydrogens (primary N) is 1. The van der Waals surface area contributed by atoms with E-state index in [9.17, 15) is 13.2 Å². The summed E-state index contributed by atoms with van der Waals surface area (Å²) >= 11 is 1.28. The second-order valence-corrected chi connectivity index (χ2v) is 4.85. The van der Waals surface area contributed by atoms with Gasteiger partial charge in [-0.25, -0.2) is 0 Å². The Morgan fingerprint density at radius 3 is 2.67 bits per heavy atom. The Labute approximate surface area is 93.8 Å². The lowest BCUT2D eigenvalue weighted by Crippen LogP contribution is -2.02. The number of nitrogens with zero attached hydrogens (tertiary/aromatic N) is 1. The van der Waals surface area contributed by atoms with Crippen LogP contribution in [0.5, 0.6) is 0 Å². The van der Waals surface area contributed by atoms with Crippen molar-refractivity contribution in [3.05, 3.63) is 18.5 Å². The van der Waals surface area contributed by atoms with E-state index in [1.54, 1.807) is 12.3 Å². The van der Waals surface area contributed by atoms with Gasteiger partial charge in [-0.05, 0) is 6.07 Å². The molecule has 0 amide bonds. The van der Waals surface area contributed by atoms with Gasteiger partial charge in [0.15, 0.2) is 0 Å². The topological polar surface area (TPSA) is 38.9 Å². The first-order chi connectivity index (χ1) is 6.99. The standard InChI is InChI=1S/C8H9F3N2S2/c9-8(10,11)15-4-3-14-7-1-2-13-5-6(7)12/h1-2,5H,3-4,12H2. The van der Waals surface area contributed by atoms with Crippen molar-refractivity contribution in [2.24, 2.45) is 0 Å². The number of pyridine rings is 1. The van der Waals surface area contributed by atoms with Crippen molar-refractivity contribution in [3.63, 3.8) is 0 Å². The lowest BCUT2D eigenvalue weighted by molar-refractivity contribution is -0.0326. The van der Waals surface area contributed by atoms with E-state index in [-0.39, 0.29) is 17.5 Å². The van der Waals surface area contributed by atoms with Gasteiger partial charge in [-0.15, -0.1) is 11.8 Å². The van der Waals surface area contributed by atoms with Crippen LogP contribution in [0.15, 0.2) is 23.4 Å². The van der Waals surface area contributed by atoms with E-state index < -0.39 is 5.51 Å². The fraction of sp³-hybridized carbons (Fsp3) is 0.375. The van der Waals surface area contributed by atoms with Crippen LogP contribution in [-0.4, -0.2) is 22.0 Å². The molecule has 15 heavy (non-hydrogen) atoms. The van der Waals surface area contributed by atoms with Gasteiger partial charge in [0.1, 0.15) is 0 Å². The molecule has 0 fully saturated rings. The van der Waals surface area contributed by atoms with Crippen LogP contribution in [0.4, 0.5) is 18.9 Å². The smallest absolute Gasteiger partial charge is 0.397 e. The zero-order chi connectivity index (χ0) is 11.3. The van der Waals surface area contributed by atoms with Gasteiger partial charge >= 0.3 is 5.51 Å². The van der Waals surface area contributed by atoms with Gasteiger partial charge in [0.25, 0.3) is 0 Å². The number of hydrogen-bond acceptors (Lipinski definition) is 4. The summed E-state index contributed by atoms with van der Waals surface area (Å²) in [6, 6.07) is 1.69. The Bertz CT molecular complexity index is 317. The van der Waals surface area contributed by atoms with E-state index >= 15 is 0 Å². The maximum Gasteiger partial charge on any atom is 0.441 e. The second-order valence-electron chi connectivity index (χ2n) is 2.56. The SMILES string of the molecule is Nc1cnccc1SCCSC(F)(F)F. The van der Waals surface area contributed by atoms with Crippen molar-refractivity contribution in [1.82, 2.24) is 4.98 Å². The molecule has 0 spiro atoms. The minimum atomic E-state index is -4.15. The monoisotopic (exact) mass is 254 g/mol. The first kappa shape index (κ1) is 12.5. The highest BCUT2D eigenvalue weighted by Gasteiger charge is 2.27. The molecule has 0 atom stereocenters. The lowest BCUT2D eigenvalue weighted by atomic mass is 10.4. The van der Waals surface area contributed by atoms with Crippen molar-refractivity contribution < 1.29 is 13.2 Å². The van der Waals surface area contributed by atoms with Crippen LogP contribution >= 0.6 is 23.5 Å². The summed E-state index contributed by atoms with van der Waals surface area (Å²) in [4.78, 5) is 4.56. The average molecular weight is 254 g/mol. The van der Waals surface area contributed by atoms with Crippen molar-refractivity contribution in [2.45, 2.75) is 10.4 Å². The normalized spacial score (nSPS) is 11.7. The molecule has 2 N–H and O–H groups in total. The van der Waals surface area contributed by atoms with Crippen molar-refractivity contribution in [2.75, 3.05) is 17.2 Å². The largest absolute Gasteiger partial charge is 0.441 e. The highest BCUT2D eigenvalue weighted by atomic mass is 32.2. The van der Waals surface area contributed by atoms with Crippen LogP contribution < -0.4 is 5.73 Å². The fourth-order valence-corrected chi connectivity index (χ4v) is 2.33. The lowest BCUT2D eigenvalue weighted by Gasteiger charge is -2.06. The van der Waals surface area contributed by atoms with Gasteiger partial charge in [-0.3, -0.25) is 4.98 Å². The summed E-state index contributed by atoms with van der Waals surface area (Å²) in [5.74, 6) is 0.397. The molecule has 2 nitrogen and oxygen atoms in total. The molecule has 0 unspecified atom stereocenters. The Hall–Kier alpha value is -0.560. The first-order valence-electron chi connectivity index (χ1n) is 4.02. The van der Waals surface area contributed by atoms with Crippen LogP contribution in [0.25, 0.3) is 0 Å². The molecule has 0 aromatic carbocycles. The zero-order valence-corrected chi connectivity index (χ0v) is 9.25. The molecule has 0 radical (unpaired) electrons. The number of hydrogen-bond donors (Lipinski definition) is 1. The van der Waals surface area contributed by atoms with E-state index in [4.69, 9.17) is 5.73 Å². The van der Waals surface area contributed by atoms with Crippen molar-refractivity contribution in [3.8, 4) is 0 Å². The summed E-state index contributed by atoms with van der Waals surface area (Å²) < 4.78 is 35.3. The highest BCUT2D eigenvalue weighted by Crippen LogP contribution is 2.32. The fourth-order valence-electron chi connectivity index (χ4n) is 0.834. The number of anilines is 1. The van der Waals surface area contributed by atoms with E-state index in [1.807, 2.05) is 0 Å². The zero-order valence-electron chi connectivity index (χ0n) is 7.62. The van der Waals surface area contributed by atoms with E-state index in [0.717, 1.165) is 4.90 Å². The summed E-state index contributed by atoms with van der Waals surface area (Å²) in [6.07, 6.45) is 3.05. The molecule has 84 valence electrons. The van der Waals surface area contributed by atoms with Crippen molar-refractivity contribution >= 4 is 29.2 Å². The molecule has 0 bridgehead atoms. The van der Waals surface area contributed by atoms with Crippen LogP contribution in [0.3, 0.4) is 0 Å². The molecule has 0 aliphatic rings. The summed E-state index contributed by atoms with van der Waals surface area (Å²) in [6.45, 7) is 0. The average Bonchev–Trinajstić information content (AvgIpc) is 2.13. The van der Waals surface area contributed by atoms with Gasteiger partial charge in [0.2, 0.25) is 0 Å². The first-order valence-corrected chi connectivity index (χ1v) is 5.99. The summed E-state index contributed by atoms with van der Waals surface area (Å²) in [5.41, 5.74) is 1.93. The molecule has 0 aliphatic heterocycles. The molecule has 0 saturated carbocycles. The maximum absolute atomic E-state index is 11.8. The molecule has 0 aliphatic carbocycles. The van der Waals surface area contributed by atoms with E-state index in [1.165, 1.54) is 18.0 Å². The third-order valence-corrected chi connectivity index (χ3v) is 3.50. The van der Waals surface area contributed by atoms with Gasteiger partial charge in [-0.1, -0.05) is 11.8 Å². The predicted molar refractivity (Wildman–Crippen MR) is 57.9 cm³/mol. The minimum Gasteiger partial charge on any atom is -0.397 e. The Morgan fingerprint density at radius 1 is 1.33 bits per heavy atom. The maximum atomic E-state index is 11.8. The minimum absolute atomic E-state index is 0.0186. The number of alkyl halides is 3. The van der Waals surface area contributed by atoms with Gasteiger partial charge in [-0.2, -0.15) is 13.2 Å². The molecule has 7 heteroatoms. The van der Waals surface area contributed by atoms with Gasteiger partial charge in [0, 0.05) is 22.6 Å². The number of aromatic nitrogens is 1. The molecular formula is C8H9F3N2S2. The van der Waals surface area contributed by atoms with E-state index in [2.05, 4.69) is 4.98 Å².